The van der Waals surface area contributed by atoms with Gasteiger partial charge in [-0.1, -0.05) is 60.1 Å². The third-order valence-electron chi connectivity index (χ3n) is 16.4. The first-order chi connectivity index (χ1) is 24.1. The highest BCUT2D eigenvalue weighted by molar-refractivity contribution is 6.00. The second kappa shape index (κ2) is 13.0. The number of ketones is 1. The summed E-state index contributed by atoms with van der Waals surface area (Å²) >= 11 is 0. The average molecular weight is 717 g/mol. The Morgan fingerprint density at radius 3 is 2.29 bits per heavy atom. The van der Waals surface area contributed by atoms with Crippen LogP contribution in [0, 0.1) is 56.2 Å². The van der Waals surface area contributed by atoms with E-state index in [9.17, 15) is 19.5 Å². The first-order valence-corrected chi connectivity index (χ1v) is 20.4. The van der Waals surface area contributed by atoms with Gasteiger partial charge in [0.15, 0.2) is 5.78 Å². The summed E-state index contributed by atoms with van der Waals surface area (Å²) in [5, 5.41) is 13.5. The number of nitrogens with one attached hydrogen (secondary N) is 1. The van der Waals surface area contributed by atoms with Crippen LogP contribution < -0.4 is 5.32 Å². The van der Waals surface area contributed by atoms with E-state index in [4.69, 9.17) is 4.74 Å². The smallest absolute Gasteiger partial charge is 0.309 e. The second-order valence-electron chi connectivity index (χ2n) is 20.7. The number of Topliss-reactive ketones (excluding diaryl/α,β-unsaturated/α-hetero) is 1. The molecule has 0 aliphatic heterocycles. The van der Waals surface area contributed by atoms with E-state index in [1.54, 1.807) is 13.8 Å². The number of fused-ring (bicyclic) bond motifs is 7. The van der Waals surface area contributed by atoms with Crippen molar-refractivity contribution in [2.24, 2.45) is 56.2 Å². The first kappa shape index (κ1) is 39.2. The van der Waals surface area contributed by atoms with E-state index in [0.717, 1.165) is 69.2 Å². The van der Waals surface area contributed by atoms with Crippen LogP contribution in [0.15, 0.2) is 35.5 Å². The minimum Gasteiger partial charge on any atom is -0.481 e. The number of carbonyl (C=O) groups is 3. The summed E-state index contributed by atoms with van der Waals surface area (Å²) in [6.07, 6.45) is 11.8. The third kappa shape index (κ3) is 6.02. The highest BCUT2D eigenvalue weighted by Crippen LogP contribution is 2.77. The number of carbonyl (C=O) groups excluding carboxylic acids is 2. The Balaban J connectivity index is 1.26. The van der Waals surface area contributed by atoms with Crippen LogP contribution in [0.1, 0.15) is 152 Å². The number of nitrogens with zero attached hydrogens (tertiary/aromatic N) is 1. The lowest BCUT2D eigenvalue weighted by atomic mass is 9.33. The maximum atomic E-state index is 14.1. The number of ether oxygens (including phenoxy) is 1. The lowest BCUT2D eigenvalue weighted by molar-refractivity contribution is -0.233. The van der Waals surface area contributed by atoms with E-state index in [0.29, 0.717) is 30.0 Å². The number of hydrogen-bond donors (Lipinski definition) is 2. The molecule has 0 spiro atoms. The minimum absolute atomic E-state index is 0.0719. The highest BCUT2D eigenvalue weighted by Gasteiger charge is 2.70. The highest BCUT2D eigenvalue weighted by atomic mass is 16.5. The molecule has 2 N–H and O–H groups in total. The predicted molar refractivity (Wildman–Crippen MR) is 205 cm³/mol. The van der Waals surface area contributed by atoms with Crippen molar-refractivity contribution in [1.82, 2.24) is 10.3 Å². The molecule has 7 nitrogen and oxygen atoms in total. The number of aliphatic carboxylic acids is 1. The molecule has 0 saturated heterocycles. The fourth-order valence-corrected chi connectivity index (χ4v) is 13.3. The second-order valence-corrected chi connectivity index (χ2v) is 20.7. The Labute approximate surface area is 313 Å². The van der Waals surface area contributed by atoms with Gasteiger partial charge in [0.25, 0.3) is 0 Å². The van der Waals surface area contributed by atoms with Gasteiger partial charge in [-0.25, -0.2) is 0 Å². The third-order valence-corrected chi connectivity index (χ3v) is 16.4. The average Bonchev–Trinajstić information content (AvgIpc) is 3.35. The number of pyridine rings is 1. The quantitative estimate of drug-likeness (QED) is 0.232. The van der Waals surface area contributed by atoms with Crippen LogP contribution in [-0.4, -0.2) is 40.5 Å². The van der Waals surface area contributed by atoms with Crippen LogP contribution in [-0.2, 0) is 24.7 Å². The van der Waals surface area contributed by atoms with E-state index >= 15 is 0 Å². The molecule has 0 aromatic carbocycles. The van der Waals surface area contributed by atoms with E-state index in [2.05, 4.69) is 84.7 Å². The molecule has 1 heterocycles. The van der Waals surface area contributed by atoms with Gasteiger partial charge in [-0.2, -0.15) is 0 Å². The fourth-order valence-electron chi connectivity index (χ4n) is 13.3. The molecular formula is C45H68N2O5. The van der Waals surface area contributed by atoms with Gasteiger partial charge in [0.2, 0.25) is 0 Å². The number of carboxylic acid groups (broad SMARTS) is 1. The molecule has 4 fully saturated rings. The van der Waals surface area contributed by atoms with Crippen LogP contribution in [0.5, 0.6) is 0 Å². The van der Waals surface area contributed by atoms with Gasteiger partial charge in [-0.3, -0.25) is 19.4 Å². The van der Waals surface area contributed by atoms with Crippen molar-refractivity contribution in [2.75, 3.05) is 6.54 Å². The summed E-state index contributed by atoms with van der Waals surface area (Å²) in [7, 11) is 0. The molecule has 0 radical (unpaired) electrons. The molecule has 0 bridgehead atoms. The normalized spacial score (nSPS) is 37.2. The van der Waals surface area contributed by atoms with E-state index < -0.39 is 17.4 Å². The van der Waals surface area contributed by atoms with Gasteiger partial charge in [0.1, 0.15) is 6.10 Å². The Kier molecular flexibility index (Phi) is 9.83. The van der Waals surface area contributed by atoms with E-state index in [1.807, 2.05) is 12.3 Å². The lowest BCUT2D eigenvalue weighted by Crippen LogP contribution is -2.65. The number of rotatable bonds is 10. The van der Waals surface area contributed by atoms with Crippen molar-refractivity contribution in [1.29, 1.82) is 0 Å². The maximum Gasteiger partial charge on any atom is 0.309 e. The van der Waals surface area contributed by atoms with Crippen molar-refractivity contribution in [3.05, 3.63) is 41.2 Å². The van der Waals surface area contributed by atoms with Gasteiger partial charge in [0, 0.05) is 23.4 Å². The van der Waals surface area contributed by atoms with Crippen LogP contribution >= 0.6 is 0 Å². The number of carboxylic acids is 1. The zero-order chi connectivity index (χ0) is 38.3. The van der Waals surface area contributed by atoms with Crippen molar-refractivity contribution in [3.8, 4) is 0 Å². The van der Waals surface area contributed by atoms with Gasteiger partial charge < -0.3 is 15.2 Å². The summed E-state index contributed by atoms with van der Waals surface area (Å²) in [5.41, 5.74) is 2.39. The minimum atomic E-state index is -1.15. The number of aromatic nitrogens is 1. The summed E-state index contributed by atoms with van der Waals surface area (Å²) in [6, 6.07) is 6.11. The zero-order valence-corrected chi connectivity index (χ0v) is 34.2. The molecular weight excluding hydrogens is 649 g/mol. The van der Waals surface area contributed by atoms with Gasteiger partial charge in [0.05, 0.1) is 23.1 Å². The SMILES string of the molecule is CC(C)C1=C2[C@H]3CC[C@@H]4[C@@]5(C)CC[C@H](OC(=O)CC(C)(C)C(=O)O)C(C)(C)[C@@H]5CC[C@@]4(C)[C@]3(C)CC[C@@]2(CCNC(C)(C)c2ccccn2)CC1=O. The molecule has 52 heavy (non-hydrogen) atoms. The molecule has 1 aromatic heterocycles. The number of hydrogen-bond acceptors (Lipinski definition) is 6. The summed E-state index contributed by atoms with van der Waals surface area (Å²) < 4.78 is 6.19. The van der Waals surface area contributed by atoms with Crippen LogP contribution in [0.3, 0.4) is 0 Å². The fraction of sp³-hybridized carbons (Fsp3) is 0.778. The largest absolute Gasteiger partial charge is 0.481 e. The van der Waals surface area contributed by atoms with Crippen LogP contribution in [0.4, 0.5) is 0 Å². The van der Waals surface area contributed by atoms with E-state index in [1.165, 1.54) is 12.0 Å². The monoisotopic (exact) mass is 717 g/mol. The standard InChI is InChI=1S/C45H68N2O5/c1-28(2)36-30(48)26-45(23-25-47-41(7,8)33-14-12-13-24-46-33)22-21-43(10)29(37(36)45)15-16-32-42(9)19-18-34(52-35(49)27-39(3,4)38(50)51)40(5,6)31(42)17-20-44(32,43)11/h12-14,24,28-29,31-32,34,47H,15-23,25-27H2,1-11H3,(H,50,51)/t29-,31+,32-,34+,42+,43-,44-,45-/m1/s1. The molecule has 1 aromatic rings. The van der Waals surface area contributed by atoms with Gasteiger partial charge >= 0.3 is 11.9 Å². The van der Waals surface area contributed by atoms with Gasteiger partial charge in [-0.15, -0.1) is 0 Å². The number of allylic oxidation sites excluding steroid dienone is 2. The summed E-state index contributed by atoms with van der Waals surface area (Å²) in [6.45, 7) is 25.3. The Morgan fingerprint density at radius 2 is 1.65 bits per heavy atom. The van der Waals surface area contributed by atoms with Crippen molar-refractivity contribution >= 4 is 17.7 Å². The van der Waals surface area contributed by atoms with Crippen LogP contribution in [0.25, 0.3) is 0 Å². The first-order valence-electron chi connectivity index (χ1n) is 20.4. The molecule has 8 atom stereocenters. The van der Waals surface area contributed by atoms with Crippen molar-refractivity contribution in [3.63, 3.8) is 0 Å². The van der Waals surface area contributed by atoms with E-state index in [-0.39, 0.29) is 51.1 Å². The Hall–Kier alpha value is -2.54. The molecule has 0 unspecified atom stereocenters. The molecule has 0 amide bonds. The molecule has 7 heteroatoms. The Bertz CT molecular complexity index is 1610. The van der Waals surface area contributed by atoms with Crippen molar-refractivity contribution < 1.29 is 24.2 Å². The maximum absolute atomic E-state index is 14.1. The summed E-state index contributed by atoms with van der Waals surface area (Å²) in [5.74, 6) is 0.616. The molecule has 5 aliphatic carbocycles. The topological polar surface area (TPSA) is 106 Å². The molecule has 5 aliphatic rings. The zero-order valence-electron chi connectivity index (χ0n) is 34.2. The molecule has 288 valence electrons. The lowest BCUT2D eigenvalue weighted by Gasteiger charge is -2.72. The number of esters is 1. The van der Waals surface area contributed by atoms with Gasteiger partial charge in [-0.05, 0) is 150 Å². The van der Waals surface area contributed by atoms with Crippen LogP contribution in [0.2, 0.25) is 0 Å². The van der Waals surface area contributed by atoms with Crippen molar-refractivity contribution in [2.45, 2.75) is 158 Å². The predicted octanol–water partition coefficient (Wildman–Crippen LogP) is 9.69. The molecule has 4 saturated carbocycles. The molecule has 6 rings (SSSR count). The Morgan fingerprint density at radius 1 is 0.942 bits per heavy atom. The summed E-state index contributed by atoms with van der Waals surface area (Å²) in [4.78, 5) is 43.6.